The van der Waals surface area contributed by atoms with Crippen molar-refractivity contribution in [2.24, 2.45) is 0 Å². The van der Waals surface area contributed by atoms with Gasteiger partial charge in [-0.2, -0.15) is 0 Å². The summed E-state index contributed by atoms with van der Waals surface area (Å²) in [7, 11) is 0. The van der Waals surface area contributed by atoms with Crippen molar-refractivity contribution < 1.29 is 9.18 Å². The van der Waals surface area contributed by atoms with Crippen LogP contribution in [-0.2, 0) is 17.9 Å². The summed E-state index contributed by atoms with van der Waals surface area (Å²) in [6.45, 7) is 0.100. The van der Waals surface area contributed by atoms with Crippen LogP contribution in [0.1, 0.15) is 5.56 Å². The van der Waals surface area contributed by atoms with Gasteiger partial charge in [0.1, 0.15) is 12.4 Å². The zero-order valence-electron chi connectivity index (χ0n) is 11.6. The topological polar surface area (TPSA) is 68.4 Å². The van der Waals surface area contributed by atoms with Crippen LogP contribution in [0.15, 0.2) is 53.5 Å². The molecule has 112 valence electrons. The second-order valence-electron chi connectivity index (χ2n) is 4.77. The molecule has 0 aliphatic rings. The maximum Gasteiger partial charge on any atom is 0.350 e. The fourth-order valence-corrected chi connectivity index (χ4v) is 2.07. The van der Waals surface area contributed by atoms with Gasteiger partial charge < -0.3 is 5.32 Å². The average molecular weight is 300 g/mol. The van der Waals surface area contributed by atoms with E-state index >= 15 is 0 Å². The zero-order chi connectivity index (χ0) is 15.5. The lowest BCUT2D eigenvalue weighted by Gasteiger charge is -2.04. The molecule has 0 aliphatic carbocycles. The van der Waals surface area contributed by atoms with Crippen LogP contribution in [0.25, 0.3) is 5.65 Å². The van der Waals surface area contributed by atoms with Gasteiger partial charge in [-0.1, -0.05) is 18.2 Å². The largest absolute Gasteiger partial charge is 0.350 e. The summed E-state index contributed by atoms with van der Waals surface area (Å²) < 4.78 is 15.3. The van der Waals surface area contributed by atoms with Gasteiger partial charge in [0.05, 0.1) is 0 Å². The molecule has 0 aliphatic heterocycles. The van der Waals surface area contributed by atoms with Crippen LogP contribution in [-0.4, -0.2) is 20.1 Å². The van der Waals surface area contributed by atoms with Gasteiger partial charge in [-0.05, 0) is 29.8 Å². The Labute approximate surface area is 124 Å². The quantitative estimate of drug-likeness (QED) is 0.780. The fourth-order valence-electron chi connectivity index (χ4n) is 2.07. The molecule has 3 aromatic rings. The number of pyridine rings is 1. The number of nitrogens with one attached hydrogen (secondary N) is 1. The molecular formula is C15H13FN4O2. The van der Waals surface area contributed by atoms with Crippen LogP contribution in [0, 0.1) is 5.82 Å². The van der Waals surface area contributed by atoms with Gasteiger partial charge in [-0.15, -0.1) is 5.10 Å². The number of carbonyl (C=O) groups excluding carboxylic acids is 1. The van der Waals surface area contributed by atoms with E-state index in [9.17, 15) is 14.0 Å². The normalized spacial score (nSPS) is 10.8. The Hall–Kier alpha value is -2.96. The molecule has 7 heteroatoms. The first-order valence-electron chi connectivity index (χ1n) is 6.69. The van der Waals surface area contributed by atoms with Crippen molar-refractivity contribution >= 4 is 11.6 Å². The third-order valence-electron chi connectivity index (χ3n) is 3.18. The maximum absolute atomic E-state index is 12.8. The third kappa shape index (κ3) is 2.88. The Bertz CT molecular complexity index is 867. The molecule has 1 N–H and O–H groups in total. The first-order valence-corrected chi connectivity index (χ1v) is 6.69. The number of aromatic nitrogens is 3. The molecule has 0 spiro atoms. The van der Waals surface area contributed by atoms with E-state index in [-0.39, 0.29) is 30.5 Å². The van der Waals surface area contributed by atoms with Crippen LogP contribution >= 0.6 is 0 Å². The monoisotopic (exact) mass is 300 g/mol. The smallest absolute Gasteiger partial charge is 0.350 e. The lowest BCUT2D eigenvalue weighted by molar-refractivity contribution is -0.122. The van der Waals surface area contributed by atoms with Crippen molar-refractivity contribution in [3.63, 3.8) is 0 Å². The molecule has 0 fully saturated rings. The molecule has 1 aromatic carbocycles. The summed E-state index contributed by atoms with van der Waals surface area (Å²) in [5.74, 6) is -0.666. The van der Waals surface area contributed by atoms with Crippen molar-refractivity contribution in [1.29, 1.82) is 0 Å². The number of nitrogens with zero attached hydrogens (tertiary/aromatic N) is 3. The van der Waals surface area contributed by atoms with Crippen molar-refractivity contribution in [2.45, 2.75) is 13.1 Å². The van der Waals surface area contributed by atoms with E-state index in [0.717, 1.165) is 10.2 Å². The molecule has 0 saturated heterocycles. The summed E-state index contributed by atoms with van der Waals surface area (Å²) in [4.78, 5) is 23.9. The Morgan fingerprint density at radius 2 is 1.95 bits per heavy atom. The molecule has 2 heterocycles. The second kappa shape index (κ2) is 5.80. The number of rotatable bonds is 4. The first kappa shape index (κ1) is 14.0. The number of halogens is 1. The van der Waals surface area contributed by atoms with E-state index in [2.05, 4.69) is 10.4 Å². The van der Waals surface area contributed by atoms with Gasteiger partial charge in [0.15, 0.2) is 5.65 Å². The molecule has 2 aromatic heterocycles. The van der Waals surface area contributed by atoms with Crippen LogP contribution in [0.3, 0.4) is 0 Å². The zero-order valence-corrected chi connectivity index (χ0v) is 11.6. The van der Waals surface area contributed by atoms with E-state index in [4.69, 9.17) is 0 Å². The average Bonchev–Trinajstić information content (AvgIpc) is 2.83. The highest BCUT2D eigenvalue weighted by molar-refractivity contribution is 5.75. The Morgan fingerprint density at radius 1 is 1.18 bits per heavy atom. The van der Waals surface area contributed by atoms with E-state index in [1.165, 1.54) is 16.5 Å². The van der Waals surface area contributed by atoms with Gasteiger partial charge in [-0.25, -0.2) is 13.9 Å². The minimum Gasteiger partial charge on any atom is -0.350 e. The minimum atomic E-state index is -0.368. The summed E-state index contributed by atoms with van der Waals surface area (Å²) in [5.41, 5.74) is 0.892. The second-order valence-corrected chi connectivity index (χ2v) is 4.77. The SMILES string of the molecule is O=C(Cn1nc2ccccn2c1=O)NCc1ccc(F)cc1. The van der Waals surface area contributed by atoms with E-state index in [0.29, 0.717) is 5.65 Å². The highest BCUT2D eigenvalue weighted by atomic mass is 19.1. The molecule has 22 heavy (non-hydrogen) atoms. The standard InChI is InChI=1S/C15H13FN4O2/c16-12-6-4-11(5-7-12)9-17-14(21)10-20-15(22)19-8-2-1-3-13(19)18-20/h1-8H,9-10H2,(H,17,21). The van der Waals surface area contributed by atoms with Crippen LogP contribution in [0.2, 0.25) is 0 Å². The predicted octanol–water partition coefficient (Wildman–Crippen LogP) is 0.951. The summed E-state index contributed by atoms with van der Waals surface area (Å²) in [6, 6.07) is 11.0. The first-order chi connectivity index (χ1) is 10.6. The molecule has 3 rings (SSSR count). The van der Waals surface area contributed by atoms with Crippen LogP contribution in [0.5, 0.6) is 0 Å². The number of hydrogen-bond acceptors (Lipinski definition) is 3. The number of benzene rings is 1. The molecule has 0 saturated carbocycles. The molecule has 0 radical (unpaired) electrons. The fraction of sp³-hybridized carbons (Fsp3) is 0.133. The Balaban J connectivity index is 1.67. The predicted molar refractivity (Wildman–Crippen MR) is 77.7 cm³/mol. The van der Waals surface area contributed by atoms with Crippen molar-refractivity contribution in [3.8, 4) is 0 Å². The van der Waals surface area contributed by atoms with Crippen molar-refractivity contribution in [2.75, 3.05) is 0 Å². The summed E-state index contributed by atoms with van der Waals surface area (Å²) >= 11 is 0. The number of hydrogen-bond donors (Lipinski definition) is 1. The maximum atomic E-state index is 12.8. The number of carbonyl (C=O) groups is 1. The molecule has 0 bridgehead atoms. The van der Waals surface area contributed by atoms with Gasteiger partial charge >= 0.3 is 5.69 Å². The molecule has 0 unspecified atom stereocenters. The minimum absolute atomic E-state index is 0.165. The third-order valence-corrected chi connectivity index (χ3v) is 3.18. The van der Waals surface area contributed by atoms with Gasteiger partial charge in [-0.3, -0.25) is 9.20 Å². The van der Waals surface area contributed by atoms with Gasteiger partial charge in [0, 0.05) is 12.7 Å². The number of amides is 1. The van der Waals surface area contributed by atoms with Gasteiger partial charge in [0.25, 0.3) is 0 Å². The Kier molecular flexibility index (Phi) is 3.69. The number of fused-ring (bicyclic) bond motifs is 1. The van der Waals surface area contributed by atoms with Crippen molar-refractivity contribution in [1.82, 2.24) is 19.5 Å². The lowest BCUT2D eigenvalue weighted by atomic mass is 10.2. The summed E-state index contributed by atoms with van der Waals surface area (Å²) in [5, 5.41) is 6.74. The summed E-state index contributed by atoms with van der Waals surface area (Å²) in [6.07, 6.45) is 1.59. The van der Waals surface area contributed by atoms with Gasteiger partial charge in [0.2, 0.25) is 5.91 Å². The molecule has 6 nitrogen and oxygen atoms in total. The molecular weight excluding hydrogens is 287 g/mol. The Morgan fingerprint density at radius 3 is 2.68 bits per heavy atom. The lowest BCUT2D eigenvalue weighted by Crippen LogP contribution is -2.32. The van der Waals surface area contributed by atoms with E-state index in [1.807, 2.05) is 0 Å². The highest BCUT2D eigenvalue weighted by Gasteiger charge is 2.10. The molecule has 1 amide bonds. The van der Waals surface area contributed by atoms with Crippen molar-refractivity contribution in [3.05, 3.63) is 70.5 Å². The van der Waals surface area contributed by atoms with Crippen LogP contribution < -0.4 is 11.0 Å². The highest BCUT2D eigenvalue weighted by Crippen LogP contribution is 2.02. The molecule has 0 atom stereocenters. The van der Waals surface area contributed by atoms with Crippen LogP contribution in [0.4, 0.5) is 4.39 Å². The van der Waals surface area contributed by atoms with E-state index in [1.54, 1.807) is 36.5 Å². The van der Waals surface area contributed by atoms with E-state index < -0.39 is 0 Å².